The van der Waals surface area contributed by atoms with Gasteiger partial charge in [-0.05, 0) is 42.8 Å². The predicted molar refractivity (Wildman–Crippen MR) is 108 cm³/mol. The number of benzene rings is 2. The van der Waals surface area contributed by atoms with Crippen molar-refractivity contribution in [3.8, 4) is 17.0 Å². The fraction of sp³-hybridized carbons (Fsp3) is 0.190. The van der Waals surface area contributed by atoms with Crippen molar-refractivity contribution >= 4 is 17.5 Å². The lowest BCUT2D eigenvalue weighted by Gasteiger charge is -2.09. The molecule has 0 bridgehead atoms. The van der Waals surface area contributed by atoms with E-state index in [4.69, 9.17) is 16.3 Å². The third-order valence-electron chi connectivity index (χ3n) is 4.09. The van der Waals surface area contributed by atoms with E-state index in [0.717, 1.165) is 16.9 Å². The van der Waals surface area contributed by atoms with Crippen molar-refractivity contribution in [2.24, 2.45) is 0 Å². The minimum atomic E-state index is -0.299. The van der Waals surface area contributed by atoms with E-state index in [1.807, 2.05) is 49.4 Å². The molecule has 0 unspecified atom stereocenters. The minimum Gasteiger partial charge on any atom is -0.494 e. The minimum absolute atomic E-state index is 0.111. The number of hydrogen-bond donors (Lipinski definition) is 1. The molecule has 28 heavy (non-hydrogen) atoms. The molecule has 0 fully saturated rings. The molecular formula is C21H20ClN3O3. The van der Waals surface area contributed by atoms with E-state index in [1.54, 1.807) is 6.07 Å². The van der Waals surface area contributed by atoms with Crippen molar-refractivity contribution < 1.29 is 9.53 Å². The lowest BCUT2D eigenvalue weighted by molar-refractivity contribution is -0.121. The second kappa shape index (κ2) is 9.19. The lowest BCUT2D eigenvalue weighted by Crippen LogP contribution is -2.32. The van der Waals surface area contributed by atoms with Gasteiger partial charge in [-0.15, -0.1) is 0 Å². The molecule has 0 aliphatic heterocycles. The van der Waals surface area contributed by atoms with Crippen LogP contribution in [-0.2, 0) is 17.9 Å². The van der Waals surface area contributed by atoms with E-state index in [9.17, 15) is 9.59 Å². The third kappa shape index (κ3) is 4.98. The number of rotatable bonds is 7. The highest BCUT2D eigenvalue weighted by molar-refractivity contribution is 6.31. The quantitative estimate of drug-likeness (QED) is 0.664. The van der Waals surface area contributed by atoms with Crippen molar-refractivity contribution in [3.05, 3.63) is 81.9 Å². The number of carbonyl (C=O) groups excluding carboxylic acids is 1. The number of nitrogens with one attached hydrogen (secondary N) is 1. The Morgan fingerprint density at radius 1 is 1.18 bits per heavy atom. The highest BCUT2D eigenvalue weighted by Gasteiger charge is 2.08. The molecule has 1 N–H and O–H groups in total. The molecule has 1 aromatic heterocycles. The van der Waals surface area contributed by atoms with Crippen LogP contribution in [0.3, 0.4) is 0 Å². The number of aromatic nitrogens is 2. The monoisotopic (exact) mass is 397 g/mol. The molecule has 0 aliphatic rings. The molecule has 0 saturated carbocycles. The smallest absolute Gasteiger partial charge is 0.254 e. The summed E-state index contributed by atoms with van der Waals surface area (Å²) in [5.41, 5.74) is 1.86. The van der Waals surface area contributed by atoms with Gasteiger partial charge in [0.2, 0.25) is 5.91 Å². The number of hydrogen-bond acceptors (Lipinski definition) is 4. The van der Waals surface area contributed by atoms with E-state index in [1.165, 1.54) is 17.0 Å². The summed E-state index contributed by atoms with van der Waals surface area (Å²) in [5.74, 6) is 0.465. The molecule has 2 aromatic carbocycles. The van der Waals surface area contributed by atoms with Crippen LogP contribution in [0.5, 0.6) is 5.75 Å². The van der Waals surface area contributed by atoms with Crippen molar-refractivity contribution in [2.45, 2.75) is 20.0 Å². The zero-order chi connectivity index (χ0) is 19.9. The molecule has 3 aromatic rings. The molecule has 0 radical (unpaired) electrons. The summed E-state index contributed by atoms with van der Waals surface area (Å²) >= 11 is 6.07. The Bertz CT molecular complexity index is 1020. The predicted octanol–water partition coefficient (Wildman–Crippen LogP) is 3.28. The van der Waals surface area contributed by atoms with Crippen LogP contribution in [0.4, 0.5) is 0 Å². The van der Waals surface area contributed by atoms with Gasteiger partial charge in [0.15, 0.2) is 0 Å². The number of ether oxygens (including phenoxy) is 1. The van der Waals surface area contributed by atoms with Gasteiger partial charge in [0, 0.05) is 23.2 Å². The summed E-state index contributed by atoms with van der Waals surface area (Å²) in [5, 5.41) is 3.34. The van der Waals surface area contributed by atoms with Crippen LogP contribution in [0.15, 0.2) is 65.7 Å². The average Bonchev–Trinajstić information content (AvgIpc) is 2.70. The zero-order valence-corrected chi connectivity index (χ0v) is 16.1. The van der Waals surface area contributed by atoms with E-state index in [-0.39, 0.29) is 18.0 Å². The first kappa shape index (κ1) is 19.6. The van der Waals surface area contributed by atoms with Gasteiger partial charge in [0.05, 0.1) is 18.6 Å². The van der Waals surface area contributed by atoms with Gasteiger partial charge in [-0.2, -0.15) is 0 Å². The normalized spacial score (nSPS) is 10.5. The van der Waals surface area contributed by atoms with Crippen molar-refractivity contribution in [1.29, 1.82) is 0 Å². The molecule has 0 atom stereocenters. The number of carbonyl (C=O) groups is 1. The highest BCUT2D eigenvalue weighted by atomic mass is 35.5. The van der Waals surface area contributed by atoms with Crippen LogP contribution >= 0.6 is 11.6 Å². The molecule has 144 valence electrons. The largest absolute Gasteiger partial charge is 0.494 e. The summed E-state index contributed by atoms with van der Waals surface area (Å²) in [4.78, 5) is 28.8. The number of nitrogens with zero attached hydrogens (tertiary/aromatic N) is 2. The third-order valence-corrected chi connectivity index (χ3v) is 4.46. The first-order valence-electron chi connectivity index (χ1n) is 8.86. The van der Waals surface area contributed by atoms with Gasteiger partial charge >= 0.3 is 0 Å². The topological polar surface area (TPSA) is 73.2 Å². The molecule has 1 heterocycles. The highest BCUT2D eigenvalue weighted by Crippen LogP contribution is 2.19. The van der Waals surface area contributed by atoms with Crippen LogP contribution in [-0.4, -0.2) is 22.1 Å². The Morgan fingerprint density at radius 2 is 1.93 bits per heavy atom. The Labute approximate surface area is 167 Å². The first-order valence-corrected chi connectivity index (χ1v) is 9.24. The van der Waals surface area contributed by atoms with Crippen LogP contribution in [0.25, 0.3) is 11.3 Å². The Kier molecular flexibility index (Phi) is 6.45. The van der Waals surface area contributed by atoms with Crippen molar-refractivity contribution in [3.63, 3.8) is 0 Å². The second-order valence-electron chi connectivity index (χ2n) is 6.07. The van der Waals surface area contributed by atoms with Gasteiger partial charge in [0.1, 0.15) is 12.3 Å². The fourth-order valence-electron chi connectivity index (χ4n) is 2.64. The maximum absolute atomic E-state index is 12.3. The Balaban J connectivity index is 1.64. The molecular weight excluding hydrogens is 378 g/mol. The second-order valence-corrected chi connectivity index (χ2v) is 6.47. The molecule has 6 nitrogen and oxygen atoms in total. The fourth-order valence-corrected chi connectivity index (χ4v) is 2.84. The van der Waals surface area contributed by atoms with E-state index in [0.29, 0.717) is 23.9 Å². The van der Waals surface area contributed by atoms with Gasteiger partial charge in [-0.25, -0.2) is 4.98 Å². The molecule has 7 heteroatoms. The molecule has 3 rings (SSSR count). The summed E-state index contributed by atoms with van der Waals surface area (Å²) in [7, 11) is 0. The standard InChI is InChI=1S/C21H20ClN3O3/c1-2-28-17-9-7-15(8-10-17)19-11-21(27)25(14-24-19)13-20(26)23-12-16-5-3-4-6-18(16)22/h3-11,14H,2,12-13H2,1H3,(H,23,26). The van der Waals surface area contributed by atoms with Crippen LogP contribution < -0.4 is 15.6 Å². The first-order chi connectivity index (χ1) is 13.6. The van der Waals surface area contributed by atoms with E-state index < -0.39 is 0 Å². The molecule has 0 aliphatic carbocycles. The van der Waals surface area contributed by atoms with E-state index in [2.05, 4.69) is 10.3 Å². The van der Waals surface area contributed by atoms with Crippen molar-refractivity contribution in [1.82, 2.24) is 14.9 Å². The molecule has 0 saturated heterocycles. The van der Waals surface area contributed by atoms with Crippen LogP contribution in [0.1, 0.15) is 12.5 Å². The lowest BCUT2D eigenvalue weighted by atomic mass is 10.1. The maximum atomic E-state index is 12.3. The summed E-state index contributed by atoms with van der Waals surface area (Å²) in [6.45, 7) is 2.69. The van der Waals surface area contributed by atoms with Crippen LogP contribution in [0, 0.1) is 0 Å². The summed E-state index contributed by atoms with van der Waals surface area (Å²) < 4.78 is 6.67. The van der Waals surface area contributed by atoms with Gasteiger partial charge in [-0.3, -0.25) is 14.2 Å². The van der Waals surface area contributed by atoms with Gasteiger partial charge < -0.3 is 10.1 Å². The summed E-state index contributed by atoms with van der Waals surface area (Å²) in [6.07, 6.45) is 1.38. The summed E-state index contributed by atoms with van der Waals surface area (Å²) in [6, 6.07) is 16.0. The Hall–Kier alpha value is -3.12. The zero-order valence-electron chi connectivity index (χ0n) is 15.4. The average molecular weight is 398 g/mol. The molecule has 1 amide bonds. The SMILES string of the molecule is CCOc1ccc(-c2cc(=O)n(CC(=O)NCc3ccccc3Cl)cn2)cc1. The van der Waals surface area contributed by atoms with Crippen molar-refractivity contribution in [2.75, 3.05) is 6.61 Å². The number of halogens is 1. The molecule has 0 spiro atoms. The Morgan fingerprint density at radius 3 is 2.61 bits per heavy atom. The van der Waals surface area contributed by atoms with Crippen LogP contribution in [0.2, 0.25) is 5.02 Å². The maximum Gasteiger partial charge on any atom is 0.254 e. The number of amides is 1. The van der Waals surface area contributed by atoms with Gasteiger partial charge in [0.25, 0.3) is 5.56 Å². The van der Waals surface area contributed by atoms with Gasteiger partial charge in [-0.1, -0.05) is 29.8 Å². The van der Waals surface area contributed by atoms with E-state index >= 15 is 0 Å².